The maximum absolute atomic E-state index is 12.6. The molecule has 3 rings (SSSR count). The molecular weight excluding hydrogens is 318 g/mol. The Labute approximate surface area is 148 Å². The smallest absolute Gasteiger partial charge is 0.253 e. The lowest BCUT2D eigenvalue weighted by Crippen LogP contribution is -2.48. The van der Waals surface area contributed by atoms with E-state index in [-0.39, 0.29) is 17.9 Å². The lowest BCUT2D eigenvalue weighted by molar-refractivity contribution is -0.119. The van der Waals surface area contributed by atoms with Gasteiger partial charge in [-0.1, -0.05) is 25.3 Å². The lowest BCUT2D eigenvalue weighted by Gasteiger charge is -2.32. The first-order valence-corrected chi connectivity index (χ1v) is 9.07. The predicted molar refractivity (Wildman–Crippen MR) is 94.3 cm³/mol. The third-order valence-corrected chi connectivity index (χ3v) is 5.06. The second kappa shape index (κ2) is 8.14. The first kappa shape index (κ1) is 17.5. The van der Waals surface area contributed by atoms with E-state index in [1.807, 2.05) is 0 Å². The van der Waals surface area contributed by atoms with Gasteiger partial charge in [0, 0.05) is 43.3 Å². The normalized spacial score (nSPS) is 18.7. The van der Waals surface area contributed by atoms with Crippen LogP contribution in [-0.4, -0.2) is 60.2 Å². The number of amides is 3. The van der Waals surface area contributed by atoms with Crippen molar-refractivity contribution in [3.05, 3.63) is 35.4 Å². The van der Waals surface area contributed by atoms with Crippen LogP contribution in [-0.2, 0) is 4.79 Å². The topological polar surface area (TPSA) is 69.7 Å². The van der Waals surface area contributed by atoms with Crippen molar-refractivity contribution < 1.29 is 14.4 Å². The average Bonchev–Trinajstić information content (AvgIpc) is 2.68. The molecule has 0 aromatic heterocycles. The third-order valence-electron chi connectivity index (χ3n) is 5.06. The number of carbonyl (C=O) groups is 3. The van der Waals surface area contributed by atoms with Gasteiger partial charge in [0.25, 0.3) is 11.8 Å². The molecule has 1 heterocycles. The summed E-state index contributed by atoms with van der Waals surface area (Å²) in [6.45, 7) is 2.15. The van der Waals surface area contributed by atoms with Crippen LogP contribution in [0.15, 0.2) is 24.3 Å². The van der Waals surface area contributed by atoms with Gasteiger partial charge in [0.05, 0.1) is 0 Å². The molecule has 0 unspecified atom stereocenters. The van der Waals surface area contributed by atoms with Crippen molar-refractivity contribution in [1.29, 1.82) is 0 Å². The quantitative estimate of drug-likeness (QED) is 0.846. The van der Waals surface area contributed by atoms with Crippen LogP contribution in [0.1, 0.15) is 52.8 Å². The minimum Gasteiger partial charge on any atom is -0.349 e. The Morgan fingerprint density at radius 1 is 1.00 bits per heavy atom. The predicted octanol–water partition coefficient (Wildman–Crippen LogP) is 1.66. The number of nitrogens with zero attached hydrogens (tertiary/aromatic N) is 2. The van der Waals surface area contributed by atoms with Gasteiger partial charge in [0.1, 0.15) is 0 Å². The Hall–Kier alpha value is -2.37. The van der Waals surface area contributed by atoms with E-state index < -0.39 is 0 Å². The second-order valence-electron chi connectivity index (χ2n) is 6.82. The van der Waals surface area contributed by atoms with Crippen molar-refractivity contribution in [1.82, 2.24) is 15.1 Å². The number of hydrogen-bond acceptors (Lipinski definition) is 3. The van der Waals surface area contributed by atoms with E-state index in [1.165, 1.54) is 6.42 Å². The molecule has 0 bridgehead atoms. The van der Waals surface area contributed by atoms with Gasteiger partial charge in [-0.15, -0.1) is 0 Å². The molecule has 25 heavy (non-hydrogen) atoms. The van der Waals surface area contributed by atoms with Crippen LogP contribution in [0, 0.1) is 0 Å². The summed E-state index contributed by atoms with van der Waals surface area (Å²) < 4.78 is 0. The van der Waals surface area contributed by atoms with Crippen LogP contribution in [0.3, 0.4) is 0 Å². The van der Waals surface area contributed by atoms with Gasteiger partial charge in [-0.05, 0) is 31.0 Å². The zero-order valence-corrected chi connectivity index (χ0v) is 14.4. The van der Waals surface area contributed by atoms with E-state index >= 15 is 0 Å². The van der Waals surface area contributed by atoms with Crippen LogP contribution >= 0.6 is 0 Å². The molecule has 0 atom stereocenters. The van der Waals surface area contributed by atoms with Crippen molar-refractivity contribution in [2.24, 2.45) is 0 Å². The van der Waals surface area contributed by atoms with Crippen molar-refractivity contribution in [3.63, 3.8) is 0 Å². The van der Waals surface area contributed by atoms with Crippen molar-refractivity contribution in [3.8, 4) is 0 Å². The molecule has 0 spiro atoms. The van der Waals surface area contributed by atoms with Gasteiger partial charge in [0.15, 0.2) is 0 Å². The molecule has 2 fully saturated rings. The summed E-state index contributed by atoms with van der Waals surface area (Å²) in [6, 6.07) is 7.17. The minimum absolute atomic E-state index is 0.0853. The lowest BCUT2D eigenvalue weighted by atomic mass is 9.95. The summed E-state index contributed by atoms with van der Waals surface area (Å²) in [6.07, 6.45) is 6.45. The molecule has 1 aliphatic carbocycles. The summed E-state index contributed by atoms with van der Waals surface area (Å²) >= 11 is 0. The largest absolute Gasteiger partial charge is 0.349 e. The highest BCUT2D eigenvalue weighted by molar-refractivity contribution is 5.99. The summed E-state index contributed by atoms with van der Waals surface area (Å²) in [7, 11) is 0. The van der Waals surface area contributed by atoms with E-state index in [0.717, 1.165) is 32.1 Å². The van der Waals surface area contributed by atoms with E-state index in [2.05, 4.69) is 5.32 Å². The Bertz CT molecular complexity index is 633. The molecule has 6 heteroatoms. The van der Waals surface area contributed by atoms with E-state index in [4.69, 9.17) is 0 Å². The molecule has 1 aliphatic heterocycles. The van der Waals surface area contributed by atoms with E-state index in [1.54, 1.807) is 34.1 Å². The molecule has 1 saturated heterocycles. The molecule has 6 nitrogen and oxygen atoms in total. The van der Waals surface area contributed by atoms with Crippen LogP contribution < -0.4 is 5.32 Å². The first-order valence-electron chi connectivity index (χ1n) is 9.07. The number of carbonyl (C=O) groups excluding carboxylic acids is 3. The van der Waals surface area contributed by atoms with Gasteiger partial charge in [-0.3, -0.25) is 14.4 Å². The standard InChI is InChI=1S/C19H25N3O3/c23-14-21-9-11-22(12-10-21)19(25)16-6-4-5-15(13-16)18(24)20-17-7-2-1-3-8-17/h4-6,13-14,17H,1-3,7-12H2,(H,20,24). The zero-order valence-electron chi connectivity index (χ0n) is 14.4. The Balaban J connectivity index is 1.63. The van der Waals surface area contributed by atoms with Gasteiger partial charge in [0.2, 0.25) is 6.41 Å². The van der Waals surface area contributed by atoms with Gasteiger partial charge < -0.3 is 15.1 Å². The monoisotopic (exact) mass is 343 g/mol. The van der Waals surface area contributed by atoms with E-state index in [9.17, 15) is 14.4 Å². The summed E-state index contributed by atoms with van der Waals surface area (Å²) in [5.74, 6) is -0.190. The molecule has 1 N–H and O–H groups in total. The molecule has 0 radical (unpaired) electrons. The molecule has 2 aliphatic rings. The fraction of sp³-hybridized carbons (Fsp3) is 0.526. The number of hydrogen-bond donors (Lipinski definition) is 1. The summed E-state index contributed by atoms with van der Waals surface area (Å²) in [5, 5.41) is 3.08. The molecular formula is C19H25N3O3. The number of piperazine rings is 1. The molecule has 1 saturated carbocycles. The van der Waals surface area contributed by atoms with Crippen molar-refractivity contribution in [2.75, 3.05) is 26.2 Å². The maximum atomic E-state index is 12.6. The van der Waals surface area contributed by atoms with Gasteiger partial charge >= 0.3 is 0 Å². The van der Waals surface area contributed by atoms with Crippen LogP contribution in [0.2, 0.25) is 0 Å². The Morgan fingerprint density at radius 3 is 2.36 bits per heavy atom. The Morgan fingerprint density at radius 2 is 1.68 bits per heavy atom. The van der Waals surface area contributed by atoms with Crippen LogP contribution in [0.5, 0.6) is 0 Å². The van der Waals surface area contributed by atoms with Crippen LogP contribution in [0.4, 0.5) is 0 Å². The summed E-state index contributed by atoms with van der Waals surface area (Å²) in [4.78, 5) is 39.3. The molecule has 1 aromatic rings. The number of benzene rings is 1. The van der Waals surface area contributed by atoms with Crippen molar-refractivity contribution >= 4 is 18.2 Å². The fourth-order valence-electron chi connectivity index (χ4n) is 3.52. The Kier molecular flexibility index (Phi) is 5.68. The highest BCUT2D eigenvalue weighted by Crippen LogP contribution is 2.18. The highest BCUT2D eigenvalue weighted by atomic mass is 16.2. The maximum Gasteiger partial charge on any atom is 0.253 e. The average molecular weight is 343 g/mol. The fourth-order valence-corrected chi connectivity index (χ4v) is 3.52. The molecule has 3 amide bonds. The number of rotatable bonds is 4. The second-order valence-corrected chi connectivity index (χ2v) is 6.82. The highest BCUT2D eigenvalue weighted by Gasteiger charge is 2.22. The summed E-state index contributed by atoms with van der Waals surface area (Å²) in [5.41, 5.74) is 1.05. The first-order chi connectivity index (χ1) is 12.2. The van der Waals surface area contributed by atoms with Gasteiger partial charge in [-0.2, -0.15) is 0 Å². The zero-order chi connectivity index (χ0) is 17.6. The van der Waals surface area contributed by atoms with Crippen LogP contribution in [0.25, 0.3) is 0 Å². The van der Waals surface area contributed by atoms with E-state index in [0.29, 0.717) is 37.3 Å². The number of nitrogens with one attached hydrogen (secondary N) is 1. The molecule has 1 aromatic carbocycles. The molecule has 134 valence electrons. The third kappa shape index (κ3) is 4.38. The SMILES string of the molecule is O=CN1CCN(C(=O)c2cccc(C(=O)NC3CCCCC3)c2)CC1. The van der Waals surface area contributed by atoms with Crippen molar-refractivity contribution in [2.45, 2.75) is 38.1 Å². The van der Waals surface area contributed by atoms with Gasteiger partial charge in [-0.25, -0.2) is 0 Å². The minimum atomic E-state index is -0.104.